The summed E-state index contributed by atoms with van der Waals surface area (Å²) in [6.07, 6.45) is 0. The van der Waals surface area contributed by atoms with Gasteiger partial charge in [0, 0.05) is 0 Å². The normalized spacial score (nSPS) is 10.9. The van der Waals surface area contributed by atoms with Gasteiger partial charge < -0.3 is 5.11 Å². The first kappa shape index (κ1) is 14.9. The maximum atomic E-state index is 12.3. The van der Waals surface area contributed by atoms with E-state index in [2.05, 4.69) is 4.72 Å². The highest BCUT2D eigenvalue weighted by molar-refractivity contribution is 7.92. The summed E-state index contributed by atoms with van der Waals surface area (Å²) >= 11 is 0. The molecule has 0 fully saturated rings. The van der Waals surface area contributed by atoms with E-state index in [1.54, 1.807) is 13.8 Å². The number of nitrogens with zero attached hydrogens (tertiary/aromatic N) is 1. The first-order valence-corrected chi connectivity index (χ1v) is 7.65. The molecule has 0 saturated carbocycles. The van der Waals surface area contributed by atoms with Crippen molar-refractivity contribution < 1.29 is 13.5 Å². The number of hydrogen-bond acceptors (Lipinski definition) is 4. The van der Waals surface area contributed by atoms with Crippen LogP contribution in [-0.2, 0) is 10.0 Å². The second-order valence-corrected chi connectivity index (χ2v) is 6.38. The highest BCUT2D eigenvalue weighted by Gasteiger charge is 2.16. The Bertz CT molecular complexity index is 836. The number of nitrogens with one attached hydrogen (secondary N) is 1. The van der Waals surface area contributed by atoms with Crippen molar-refractivity contribution in [2.45, 2.75) is 18.7 Å². The standard InChI is InChI=1S/C15H14N2O3S/c1-10-8-14(5-3-12(10)9-16)21(19,20)17-15-6-4-13(18)7-11(15)2/h3-8,17-18H,1-2H3. The van der Waals surface area contributed by atoms with Crippen LogP contribution in [0, 0.1) is 25.2 Å². The smallest absolute Gasteiger partial charge is 0.261 e. The highest BCUT2D eigenvalue weighted by atomic mass is 32.2. The molecule has 108 valence electrons. The van der Waals surface area contributed by atoms with E-state index >= 15 is 0 Å². The Morgan fingerprint density at radius 1 is 1.10 bits per heavy atom. The third kappa shape index (κ3) is 3.15. The van der Waals surface area contributed by atoms with Gasteiger partial charge in [0.05, 0.1) is 22.2 Å². The zero-order chi connectivity index (χ0) is 15.6. The number of sulfonamides is 1. The Hall–Kier alpha value is -2.52. The fourth-order valence-corrected chi connectivity index (χ4v) is 3.11. The van der Waals surface area contributed by atoms with Crippen molar-refractivity contribution in [2.75, 3.05) is 4.72 Å². The summed E-state index contributed by atoms with van der Waals surface area (Å²) in [4.78, 5) is 0.0893. The number of nitriles is 1. The number of benzene rings is 2. The number of phenolic OH excluding ortho intramolecular Hbond substituents is 1. The number of rotatable bonds is 3. The Morgan fingerprint density at radius 2 is 1.81 bits per heavy atom. The molecule has 0 aromatic heterocycles. The lowest BCUT2D eigenvalue weighted by molar-refractivity contribution is 0.475. The average molecular weight is 302 g/mol. The summed E-state index contributed by atoms with van der Waals surface area (Å²) in [6.45, 7) is 3.38. The van der Waals surface area contributed by atoms with E-state index in [-0.39, 0.29) is 10.6 Å². The Balaban J connectivity index is 2.39. The summed E-state index contributed by atoms with van der Waals surface area (Å²) < 4.78 is 27.1. The van der Waals surface area contributed by atoms with Gasteiger partial charge in [-0.15, -0.1) is 0 Å². The van der Waals surface area contributed by atoms with Crippen molar-refractivity contribution in [3.05, 3.63) is 53.1 Å². The molecule has 0 spiro atoms. The number of aromatic hydroxyl groups is 1. The van der Waals surface area contributed by atoms with Gasteiger partial charge in [-0.05, 0) is 61.4 Å². The van der Waals surface area contributed by atoms with Gasteiger partial charge in [-0.25, -0.2) is 8.42 Å². The van der Waals surface area contributed by atoms with Gasteiger partial charge in [-0.3, -0.25) is 4.72 Å². The summed E-state index contributed by atoms with van der Waals surface area (Å²) in [5, 5.41) is 18.2. The molecular weight excluding hydrogens is 288 g/mol. The minimum absolute atomic E-state index is 0.0738. The van der Waals surface area contributed by atoms with E-state index in [0.29, 0.717) is 22.4 Å². The molecule has 2 aromatic rings. The molecule has 0 unspecified atom stereocenters. The predicted octanol–water partition coefficient (Wildman–Crippen LogP) is 2.68. The molecular formula is C15H14N2O3S. The van der Waals surface area contributed by atoms with Crippen LogP contribution in [-0.4, -0.2) is 13.5 Å². The molecule has 0 bridgehead atoms. The summed E-state index contributed by atoms with van der Waals surface area (Å²) in [5.41, 5.74) is 2.05. The number of phenols is 1. The molecule has 0 atom stereocenters. The monoisotopic (exact) mass is 302 g/mol. The van der Waals surface area contributed by atoms with Gasteiger partial charge in [-0.2, -0.15) is 5.26 Å². The van der Waals surface area contributed by atoms with Crippen LogP contribution < -0.4 is 4.72 Å². The lowest BCUT2D eigenvalue weighted by Crippen LogP contribution is -2.14. The molecule has 2 rings (SSSR count). The molecule has 0 amide bonds. The molecule has 0 aliphatic heterocycles. The molecule has 0 aliphatic rings. The van der Waals surface area contributed by atoms with Crippen molar-refractivity contribution in [3.8, 4) is 11.8 Å². The third-order valence-corrected chi connectivity index (χ3v) is 4.45. The van der Waals surface area contributed by atoms with Crippen LogP contribution in [0.5, 0.6) is 5.75 Å². The van der Waals surface area contributed by atoms with E-state index in [0.717, 1.165) is 0 Å². The molecule has 2 N–H and O–H groups in total. The topological polar surface area (TPSA) is 90.2 Å². The minimum Gasteiger partial charge on any atom is -0.508 e. The second kappa shape index (κ2) is 5.46. The summed E-state index contributed by atoms with van der Waals surface area (Å²) in [7, 11) is -3.74. The molecule has 0 saturated heterocycles. The van der Waals surface area contributed by atoms with E-state index in [1.807, 2.05) is 6.07 Å². The van der Waals surface area contributed by atoms with Crippen molar-refractivity contribution in [1.82, 2.24) is 0 Å². The maximum absolute atomic E-state index is 12.3. The molecule has 0 aliphatic carbocycles. The lowest BCUT2D eigenvalue weighted by Gasteiger charge is -2.11. The van der Waals surface area contributed by atoms with E-state index in [9.17, 15) is 13.5 Å². The van der Waals surface area contributed by atoms with E-state index < -0.39 is 10.0 Å². The van der Waals surface area contributed by atoms with Gasteiger partial charge in [0.2, 0.25) is 0 Å². The van der Waals surface area contributed by atoms with Crippen LogP contribution >= 0.6 is 0 Å². The van der Waals surface area contributed by atoms with Crippen molar-refractivity contribution in [1.29, 1.82) is 5.26 Å². The van der Waals surface area contributed by atoms with Crippen LogP contribution in [0.3, 0.4) is 0 Å². The van der Waals surface area contributed by atoms with Gasteiger partial charge >= 0.3 is 0 Å². The second-order valence-electron chi connectivity index (χ2n) is 4.69. The number of hydrogen-bond donors (Lipinski definition) is 2. The first-order valence-electron chi connectivity index (χ1n) is 6.16. The summed E-state index contributed by atoms with van der Waals surface area (Å²) in [5.74, 6) is 0.0738. The molecule has 0 radical (unpaired) electrons. The third-order valence-electron chi connectivity index (χ3n) is 3.08. The average Bonchev–Trinajstić information content (AvgIpc) is 2.42. The van der Waals surface area contributed by atoms with Gasteiger partial charge in [0.1, 0.15) is 5.75 Å². The van der Waals surface area contributed by atoms with Crippen molar-refractivity contribution in [3.63, 3.8) is 0 Å². The zero-order valence-electron chi connectivity index (χ0n) is 11.6. The molecule has 5 nitrogen and oxygen atoms in total. The summed E-state index contributed by atoms with van der Waals surface area (Å²) in [6, 6.07) is 10.7. The maximum Gasteiger partial charge on any atom is 0.261 e. The van der Waals surface area contributed by atoms with Crippen LogP contribution in [0.2, 0.25) is 0 Å². The van der Waals surface area contributed by atoms with Crippen LogP contribution in [0.1, 0.15) is 16.7 Å². The highest BCUT2D eigenvalue weighted by Crippen LogP contribution is 2.24. The van der Waals surface area contributed by atoms with Gasteiger partial charge in [-0.1, -0.05) is 0 Å². The van der Waals surface area contributed by atoms with E-state index in [4.69, 9.17) is 5.26 Å². The SMILES string of the molecule is Cc1cc(S(=O)(=O)Nc2ccc(O)cc2C)ccc1C#N. The van der Waals surface area contributed by atoms with Crippen molar-refractivity contribution in [2.24, 2.45) is 0 Å². The Kier molecular flexibility index (Phi) is 3.87. The Morgan fingerprint density at radius 3 is 2.38 bits per heavy atom. The predicted molar refractivity (Wildman–Crippen MR) is 79.5 cm³/mol. The van der Waals surface area contributed by atoms with E-state index in [1.165, 1.54) is 36.4 Å². The van der Waals surface area contributed by atoms with Gasteiger partial charge in [0.15, 0.2) is 0 Å². The molecule has 6 heteroatoms. The van der Waals surface area contributed by atoms with Crippen LogP contribution in [0.15, 0.2) is 41.3 Å². The van der Waals surface area contributed by atoms with Crippen molar-refractivity contribution >= 4 is 15.7 Å². The van der Waals surface area contributed by atoms with Gasteiger partial charge in [0.25, 0.3) is 10.0 Å². The van der Waals surface area contributed by atoms with Crippen LogP contribution in [0.25, 0.3) is 0 Å². The lowest BCUT2D eigenvalue weighted by atomic mass is 10.1. The largest absolute Gasteiger partial charge is 0.508 e. The number of anilines is 1. The molecule has 2 aromatic carbocycles. The Labute approximate surface area is 123 Å². The molecule has 21 heavy (non-hydrogen) atoms. The fraction of sp³-hybridized carbons (Fsp3) is 0.133. The zero-order valence-corrected chi connectivity index (χ0v) is 12.4. The minimum atomic E-state index is -3.74. The fourth-order valence-electron chi connectivity index (χ4n) is 1.89. The first-order chi connectivity index (χ1) is 9.83. The molecule has 0 heterocycles. The number of aryl methyl sites for hydroxylation is 2. The van der Waals surface area contributed by atoms with Crippen LogP contribution in [0.4, 0.5) is 5.69 Å². The quantitative estimate of drug-likeness (QED) is 0.853.